The fraction of sp³-hybridized carbons (Fsp3) is 0.571. The van der Waals surface area contributed by atoms with Gasteiger partial charge in [0, 0.05) is 18.6 Å². The highest BCUT2D eigenvalue weighted by Crippen LogP contribution is 2.23. The average Bonchev–Trinajstić information content (AvgIpc) is 2.35. The van der Waals surface area contributed by atoms with Crippen LogP contribution in [0, 0.1) is 12.8 Å². The van der Waals surface area contributed by atoms with E-state index in [9.17, 15) is 0 Å². The Labute approximate surface area is 104 Å². The van der Waals surface area contributed by atoms with Crippen molar-refractivity contribution in [2.24, 2.45) is 5.92 Å². The molecule has 0 spiro atoms. The van der Waals surface area contributed by atoms with E-state index in [0.717, 1.165) is 11.3 Å². The van der Waals surface area contributed by atoms with Gasteiger partial charge in [0.2, 0.25) is 0 Å². The van der Waals surface area contributed by atoms with E-state index in [1.54, 1.807) is 0 Å². The molecule has 17 heavy (non-hydrogen) atoms. The Kier molecular flexibility index (Phi) is 5.45. The Hall–Kier alpha value is -1.06. The summed E-state index contributed by atoms with van der Waals surface area (Å²) in [6.45, 7) is 6.85. The number of aliphatic hydroxyl groups is 1. The van der Waals surface area contributed by atoms with Crippen LogP contribution in [0.3, 0.4) is 0 Å². The predicted octanol–water partition coefficient (Wildman–Crippen LogP) is 2.28. The zero-order valence-electron chi connectivity index (χ0n) is 11.2. The normalized spacial score (nSPS) is 14.4. The number of hydrogen-bond acceptors (Lipinski definition) is 3. The van der Waals surface area contributed by atoms with Gasteiger partial charge in [0.25, 0.3) is 0 Å². The van der Waals surface area contributed by atoms with Crippen LogP contribution in [0.1, 0.15) is 31.0 Å². The average molecular weight is 237 g/mol. The Morgan fingerprint density at radius 3 is 2.59 bits per heavy atom. The molecule has 0 bridgehead atoms. The van der Waals surface area contributed by atoms with Crippen LogP contribution in [0.2, 0.25) is 0 Å². The van der Waals surface area contributed by atoms with Crippen LogP contribution in [-0.4, -0.2) is 25.4 Å². The number of aliphatic hydroxyl groups excluding tert-OH is 1. The van der Waals surface area contributed by atoms with Crippen LogP contribution >= 0.6 is 0 Å². The lowest BCUT2D eigenvalue weighted by atomic mass is 10.1. The van der Waals surface area contributed by atoms with E-state index in [1.807, 2.05) is 27.0 Å². The van der Waals surface area contributed by atoms with Crippen molar-refractivity contribution in [3.8, 4) is 5.75 Å². The van der Waals surface area contributed by atoms with Gasteiger partial charge < -0.3 is 15.2 Å². The molecule has 2 unspecified atom stereocenters. The number of aryl methyl sites for hydroxylation is 1. The summed E-state index contributed by atoms with van der Waals surface area (Å²) in [6, 6.07) is 6.56. The second kappa shape index (κ2) is 6.62. The van der Waals surface area contributed by atoms with Gasteiger partial charge in [0.1, 0.15) is 5.75 Å². The highest BCUT2D eigenvalue weighted by atomic mass is 16.5. The van der Waals surface area contributed by atoms with Crippen LogP contribution in [0.5, 0.6) is 5.75 Å². The van der Waals surface area contributed by atoms with Crippen molar-refractivity contribution < 1.29 is 9.84 Å². The predicted molar refractivity (Wildman–Crippen MR) is 70.4 cm³/mol. The molecule has 0 fully saturated rings. The van der Waals surface area contributed by atoms with E-state index in [4.69, 9.17) is 9.84 Å². The van der Waals surface area contributed by atoms with Crippen LogP contribution in [0.15, 0.2) is 18.2 Å². The quantitative estimate of drug-likeness (QED) is 0.797. The third-order valence-corrected chi connectivity index (χ3v) is 2.97. The Balaban J connectivity index is 2.69. The molecule has 0 heterocycles. The van der Waals surface area contributed by atoms with E-state index < -0.39 is 0 Å². The Morgan fingerprint density at radius 2 is 2.06 bits per heavy atom. The maximum atomic E-state index is 8.94. The second-order valence-electron chi connectivity index (χ2n) is 4.63. The van der Waals surface area contributed by atoms with Gasteiger partial charge in [-0.15, -0.1) is 0 Å². The molecule has 0 saturated carbocycles. The highest BCUT2D eigenvalue weighted by molar-refractivity contribution is 5.37. The first-order chi connectivity index (χ1) is 8.08. The third-order valence-electron chi connectivity index (χ3n) is 2.97. The lowest BCUT2D eigenvalue weighted by Crippen LogP contribution is -2.14. The molecule has 2 N–H and O–H groups in total. The summed E-state index contributed by atoms with van der Waals surface area (Å²) < 4.78 is 5.68. The standard InChI is InChI=1S/C14H23NO2/c1-10(8-16)9-17-14-6-5-13(7-11(14)2)12(3)15-4/h5-7,10,12,15-16H,8-9H2,1-4H3. The Morgan fingerprint density at radius 1 is 1.35 bits per heavy atom. The number of hydrogen-bond donors (Lipinski definition) is 2. The lowest BCUT2D eigenvalue weighted by molar-refractivity contribution is 0.174. The molecule has 0 aliphatic rings. The van der Waals surface area contributed by atoms with E-state index >= 15 is 0 Å². The first-order valence-electron chi connectivity index (χ1n) is 6.10. The zero-order chi connectivity index (χ0) is 12.8. The van der Waals surface area contributed by atoms with Crippen molar-refractivity contribution in [2.75, 3.05) is 20.3 Å². The van der Waals surface area contributed by atoms with Gasteiger partial charge in [-0.3, -0.25) is 0 Å². The SMILES string of the molecule is CNC(C)c1ccc(OCC(C)CO)c(C)c1. The smallest absolute Gasteiger partial charge is 0.122 e. The van der Waals surface area contributed by atoms with Crippen LogP contribution in [-0.2, 0) is 0 Å². The molecular formula is C14H23NO2. The molecule has 3 heteroatoms. The van der Waals surface area contributed by atoms with Gasteiger partial charge >= 0.3 is 0 Å². The van der Waals surface area contributed by atoms with Crippen molar-refractivity contribution >= 4 is 0 Å². The van der Waals surface area contributed by atoms with Crippen molar-refractivity contribution in [3.63, 3.8) is 0 Å². The molecule has 2 atom stereocenters. The van der Waals surface area contributed by atoms with Crippen molar-refractivity contribution in [2.45, 2.75) is 26.8 Å². The maximum Gasteiger partial charge on any atom is 0.122 e. The molecular weight excluding hydrogens is 214 g/mol. The van der Waals surface area contributed by atoms with Gasteiger partial charge in [0.15, 0.2) is 0 Å². The van der Waals surface area contributed by atoms with Crippen molar-refractivity contribution in [3.05, 3.63) is 29.3 Å². The van der Waals surface area contributed by atoms with Gasteiger partial charge in [-0.05, 0) is 38.1 Å². The summed E-state index contributed by atoms with van der Waals surface area (Å²) in [5.41, 5.74) is 2.39. The second-order valence-corrected chi connectivity index (χ2v) is 4.63. The van der Waals surface area contributed by atoms with Gasteiger partial charge in [-0.2, -0.15) is 0 Å². The Bertz CT molecular complexity index is 352. The number of ether oxygens (including phenoxy) is 1. The molecule has 0 aliphatic heterocycles. The van der Waals surface area contributed by atoms with E-state index in [-0.39, 0.29) is 12.5 Å². The molecule has 1 aromatic carbocycles. The molecule has 0 amide bonds. The number of benzene rings is 1. The minimum atomic E-state index is 0.161. The van der Waals surface area contributed by atoms with E-state index in [1.165, 1.54) is 5.56 Å². The lowest BCUT2D eigenvalue weighted by Gasteiger charge is -2.15. The first kappa shape index (κ1) is 14.0. The van der Waals surface area contributed by atoms with Crippen LogP contribution in [0.4, 0.5) is 0 Å². The fourth-order valence-corrected chi connectivity index (χ4v) is 1.56. The molecule has 1 aromatic rings. The highest BCUT2D eigenvalue weighted by Gasteiger charge is 2.07. The van der Waals surface area contributed by atoms with Crippen molar-refractivity contribution in [1.82, 2.24) is 5.32 Å². The van der Waals surface area contributed by atoms with Gasteiger partial charge in [0.05, 0.1) is 6.61 Å². The molecule has 0 radical (unpaired) electrons. The minimum Gasteiger partial charge on any atom is -0.493 e. The summed E-state index contributed by atoms with van der Waals surface area (Å²) in [5, 5.41) is 12.2. The molecule has 1 rings (SSSR count). The molecule has 96 valence electrons. The van der Waals surface area contributed by atoms with Crippen molar-refractivity contribution in [1.29, 1.82) is 0 Å². The summed E-state index contributed by atoms with van der Waals surface area (Å²) in [5.74, 6) is 1.07. The topological polar surface area (TPSA) is 41.5 Å². The van der Waals surface area contributed by atoms with Crippen LogP contribution in [0.25, 0.3) is 0 Å². The first-order valence-corrected chi connectivity index (χ1v) is 6.10. The van der Waals surface area contributed by atoms with Gasteiger partial charge in [-0.25, -0.2) is 0 Å². The minimum absolute atomic E-state index is 0.161. The fourth-order valence-electron chi connectivity index (χ4n) is 1.56. The summed E-state index contributed by atoms with van der Waals surface area (Å²) >= 11 is 0. The number of nitrogens with one attached hydrogen (secondary N) is 1. The zero-order valence-corrected chi connectivity index (χ0v) is 11.2. The molecule has 0 aromatic heterocycles. The number of rotatable bonds is 6. The van der Waals surface area contributed by atoms with Gasteiger partial charge in [-0.1, -0.05) is 19.1 Å². The summed E-state index contributed by atoms with van der Waals surface area (Å²) in [4.78, 5) is 0. The third kappa shape index (κ3) is 4.02. The summed E-state index contributed by atoms with van der Waals surface area (Å²) in [6.07, 6.45) is 0. The summed E-state index contributed by atoms with van der Waals surface area (Å²) in [7, 11) is 1.95. The van der Waals surface area contributed by atoms with E-state index in [0.29, 0.717) is 12.6 Å². The monoisotopic (exact) mass is 237 g/mol. The largest absolute Gasteiger partial charge is 0.493 e. The molecule has 3 nitrogen and oxygen atoms in total. The van der Waals surface area contributed by atoms with E-state index in [2.05, 4.69) is 24.4 Å². The molecule has 0 saturated heterocycles. The molecule has 0 aliphatic carbocycles. The van der Waals surface area contributed by atoms with Crippen LogP contribution < -0.4 is 10.1 Å². The maximum absolute atomic E-state index is 8.94.